The predicted octanol–water partition coefficient (Wildman–Crippen LogP) is 5.39. The monoisotopic (exact) mass is 424 g/mol. The van der Waals surface area contributed by atoms with Gasteiger partial charge in [0.25, 0.3) is 0 Å². The molecule has 4 rings (SSSR count). The summed E-state index contributed by atoms with van der Waals surface area (Å²) in [5.74, 6) is 1.71. The summed E-state index contributed by atoms with van der Waals surface area (Å²) in [5.41, 5.74) is 1.53. The molecule has 4 aromatic rings. The lowest BCUT2D eigenvalue weighted by molar-refractivity contribution is 0.101. The van der Waals surface area contributed by atoms with Crippen molar-refractivity contribution in [3.63, 3.8) is 0 Å². The fourth-order valence-corrected chi connectivity index (χ4v) is 3.95. The number of ether oxygens (including phenoxy) is 1. The molecule has 8 heteroatoms. The number of thiophene rings is 1. The summed E-state index contributed by atoms with van der Waals surface area (Å²) < 4.78 is 5.74. The Morgan fingerprint density at radius 3 is 2.79 bits per heavy atom. The number of carbonyl (C=O) groups is 1. The standard InChI is InChI=1S/C21H17ClN4O2S/c1-13(27)17-3-2-4-18(26-17)28-15-7-5-14(6-8-15)9-10-23-20-19-16(22)11-29-21(19)25-12-24-20/h2-8,11-12H,9-10H2,1H3,(H,23,24,25). The first-order chi connectivity index (χ1) is 14.1. The maximum Gasteiger partial charge on any atom is 0.219 e. The lowest BCUT2D eigenvalue weighted by Crippen LogP contribution is -2.06. The summed E-state index contributed by atoms with van der Waals surface area (Å²) in [6, 6.07) is 12.9. The number of nitrogens with zero attached hydrogens (tertiary/aromatic N) is 3. The van der Waals surface area contributed by atoms with Gasteiger partial charge in [-0.05, 0) is 30.2 Å². The van der Waals surface area contributed by atoms with Gasteiger partial charge in [0, 0.05) is 24.9 Å². The largest absolute Gasteiger partial charge is 0.439 e. The van der Waals surface area contributed by atoms with E-state index in [1.807, 2.05) is 29.6 Å². The van der Waals surface area contributed by atoms with Crippen LogP contribution in [0, 0.1) is 0 Å². The highest BCUT2D eigenvalue weighted by Crippen LogP contribution is 2.32. The number of nitrogens with one attached hydrogen (secondary N) is 1. The third kappa shape index (κ3) is 4.52. The highest BCUT2D eigenvalue weighted by molar-refractivity contribution is 7.17. The number of halogens is 1. The summed E-state index contributed by atoms with van der Waals surface area (Å²) in [7, 11) is 0. The molecule has 3 heterocycles. The summed E-state index contributed by atoms with van der Waals surface area (Å²) >= 11 is 7.74. The molecule has 0 saturated carbocycles. The summed E-state index contributed by atoms with van der Waals surface area (Å²) in [4.78, 5) is 25.0. The van der Waals surface area contributed by atoms with Gasteiger partial charge in [0.1, 0.15) is 28.4 Å². The first-order valence-corrected chi connectivity index (χ1v) is 10.2. The van der Waals surface area contributed by atoms with E-state index in [0.717, 1.165) is 28.0 Å². The molecule has 0 aliphatic carbocycles. The molecule has 0 amide bonds. The molecule has 0 spiro atoms. The predicted molar refractivity (Wildman–Crippen MR) is 115 cm³/mol. The fraction of sp³-hybridized carbons (Fsp3) is 0.143. The van der Waals surface area contributed by atoms with Crippen LogP contribution in [0.2, 0.25) is 5.02 Å². The van der Waals surface area contributed by atoms with E-state index in [-0.39, 0.29) is 5.78 Å². The Morgan fingerprint density at radius 2 is 2.00 bits per heavy atom. The maximum atomic E-state index is 11.4. The van der Waals surface area contributed by atoms with Crippen LogP contribution in [-0.2, 0) is 6.42 Å². The number of Topliss-reactive ketones (excluding diaryl/α,β-unsaturated/α-hetero) is 1. The van der Waals surface area contributed by atoms with E-state index in [9.17, 15) is 4.79 Å². The van der Waals surface area contributed by atoms with Crippen LogP contribution in [0.4, 0.5) is 5.82 Å². The van der Waals surface area contributed by atoms with Gasteiger partial charge < -0.3 is 10.1 Å². The summed E-state index contributed by atoms with van der Waals surface area (Å²) in [6.45, 7) is 2.19. The number of benzene rings is 1. The van der Waals surface area contributed by atoms with E-state index in [1.165, 1.54) is 18.3 Å². The molecule has 3 aromatic heterocycles. The molecule has 0 saturated heterocycles. The lowest BCUT2D eigenvalue weighted by atomic mass is 10.1. The van der Waals surface area contributed by atoms with Crippen LogP contribution in [0.3, 0.4) is 0 Å². The number of anilines is 1. The summed E-state index contributed by atoms with van der Waals surface area (Å²) in [5, 5.41) is 6.73. The molecule has 0 aliphatic rings. The molecule has 0 unspecified atom stereocenters. The van der Waals surface area contributed by atoms with Gasteiger partial charge in [-0.15, -0.1) is 11.3 Å². The zero-order valence-corrected chi connectivity index (χ0v) is 17.1. The minimum atomic E-state index is -0.0944. The number of rotatable bonds is 7. The molecule has 0 atom stereocenters. The Hall–Kier alpha value is -3.03. The topological polar surface area (TPSA) is 77.0 Å². The van der Waals surface area contributed by atoms with Crippen molar-refractivity contribution in [2.75, 3.05) is 11.9 Å². The number of carbonyl (C=O) groups excluding carboxylic acids is 1. The zero-order chi connectivity index (χ0) is 20.2. The van der Waals surface area contributed by atoms with Crippen molar-refractivity contribution in [2.45, 2.75) is 13.3 Å². The lowest BCUT2D eigenvalue weighted by Gasteiger charge is -2.08. The molecular formula is C21H17ClN4O2S. The van der Waals surface area contributed by atoms with Crippen molar-refractivity contribution in [3.05, 3.63) is 70.5 Å². The molecule has 1 N–H and O–H groups in total. The normalized spacial score (nSPS) is 10.8. The highest BCUT2D eigenvalue weighted by atomic mass is 35.5. The molecule has 0 aliphatic heterocycles. The van der Waals surface area contributed by atoms with E-state index in [0.29, 0.717) is 28.9 Å². The number of fused-ring (bicyclic) bond motifs is 1. The first-order valence-electron chi connectivity index (χ1n) is 8.96. The van der Waals surface area contributed by atoms with Gasteiger partial charge in [-0.1, -0.05) is 29.8 Å². The molecule has 0 fully saturated rings. The fourth-order valence-electron chi connectivity index (χ4n) is 2.81. The Bertz CT molecular complexity index is 1160. The van der Waals surface area contributed by atoms with Gasteiger partial charge in [0.15, 0.2) is 5.78 Å². The minimum Gasteiger partial charge on any atom is -0.439 e. The van der Waals surface area contributed by atoms with Gasteiger partial charge in [-0.3, -0.25) is 4.79 Å². The smallest absolute Gasteiger partial charge is 0.219 e. The van der Waals surface area contributed by atoms with Gasteiger partial charge in [0.2, 0.25) is 5.88 Å². The first kappa shape index (κ1) is 19.3. The Morgan fingerprint density at radius 1 is 1.17 bits per heavy atom. The van der Waals surface area contributed by atoms with Crippen LogP contribution in [-0.4, -0.2) is 27.3 Å². The average molecular weight is 425 g/mol. The molecule has 0 bridgehead atoms. The SMILES string of the molecule is CC(=O)c1cccc(Oc2ccc(CCNc3ncnc4scc(Cl)c34)cc2)n1. The van der Waals surface area contributed by atoms with Crippen LogP contribution in [0.25, 0.3) is 10.2 Å². The number of aromatic nitrogens is 3. The van der Waals surface area contributed by atoms with E-state index in [1.54, 1.807) is 24.5 Å². The van der Waals surface area contributed by atoms with Crippen molar-refractivity contribution in [3.8, 4) is 11.6 Å². The highest BCUT2D eigenvalue weighted by Gasteiger charge is 2.09. The Labute approximate surface area is 176 Å². The van der Waals surface area contributed by atoms with Crippen LogP contribution in [0.15, 0.2) is 54.2 Å². The van der Waals surface area contributed by atoms with Gasteiger partial charge >= 0.3 is 0 Å². The van der Waals surface area contributed by atoms with Crippen molar-refractivity contribution in [1.29, 1.82) is 0 Å². The van der Waals surface area contributed by atoms with Gasteiger partial charge in [-0.2, -0.15) is 0 Å². The average Bonchev–Trinajstić information content (AvgIpc) is 3.11. The van der Waals surface area contributed by atoms with Crippen LogP contribution >= 0.6 is 22.9 Å². The van der Waals surface area contributed by atoms with E-state index < -0.39 is 0 Å². The van der Waals surface area contributed by atoms with E-state index in [4.69, 9.17) is 16.3 Å². The van der Waals surface area contributed by atoms with Crippen LogP contribution < -0.4 is 10.1 Å². The molecule has 29 heavy (non-hydrogen) atoms. The third-order valence-electron chi connectivity index (χ3n) is 4.26. The zero-order valence-electron chi connectivity index (χ0n) is 15.6. The minimum absolute atomic E-state index is 0.0944. The van der Waals surface area contributed by atoms with E-state index in [2.05, 4.69) is 20.3 Å². The number of pyridine rings is 1. The van der Waals surface area contributed by atoms with Crippen molar-refractivity contribution in [2.24, 2.45) is 0 Å². The number of ketones is 1. The second kappa shape index (κ2) is 8.55. The van der Waals surface area contributed by atoms with Gasteiger partial charge in [-0.25, -0.2) is 15.0 Å². The van der Waals surface area contributed by atoms with Gasteiger partial charge in [0.05, 0.1) is 10.4 Å². The molecule has 0 radical (unpaired) electrons. The van der Waals surface area contributed by atoms with Crippen molar-refractivity contribution < 1.29 is 9.53 Å². The second-order valence-corrected chi connectivity index (χ2v) is 7.59. The Kier molecular flexibility index (Phi) is 5.69. The van der Waals surface area contributed by atoms with Crippen molar-refractivity contribution >= 4 is 44.8 Å². The molecular weight excluding hydrogens is 408 g/mol. The molecule has 146 valence electrons. The van der Waals surface area contributed by atoms with Crippen molar-refractivity contribution in [1.82, 2.24) is 15.0 Å². The summed E-state index contributed by atoms with van der Waals surface area (Å²) in [6.07, 6.45) is 2.35. The maximum absolute atomic E-state index is 11.4. The Balaban J connectivity index is 1.37. The molecule has 6 nitrogen and oxygen atoms in total. The third-order valence-corrected chi connectivity index (χ3v) is 5.58. The van der Waals surface area contributed by atoms with E-state index >= 15 is 0 Å². The second-order valence-electron chi connectivity index (χ2n) is 6.33. The van der Waals surface area contributed by atoms with Crippen LogP contribution in [0.1, 0.15) is 23.0 Å². The number of hydrogen-bond donors (Lipinski definition) is 1. The quantitative estimate of drug-likeness (QED) is 0.401. The van der Waals surface area contributed by atoms with Crippen LogP contribution in [0.5, 0.6) is 11.6 Å². The molecule has 1 aromatic carbocycles. The number of hydrogen-bond acceptors (Lipinski definition) is 7.